The van der Waals surface area contributed by atoms with Crippen LogP contribution >= 0.6 is 0 Å². The smallest absolute Gasteiger partial charge is 0.293 e. The molecular formula is C22H23N5O3. The molecule has 4 rings (SSSR count). The van der Waals surface area contributed by atoms with Crippen LogP contribution in [-0.2, 0) is 0 Å². The lowest BCUT2D eigenvalue weighted by Gasteiger charge is -2.11. The van der Waals surface area contributed by atoms with E-state index in [1.165, 1.54) is 6.07 Å². The minimum Gasteiger partial charge on any atom is -0.377 e. The fraction of sp³-hybridized carbons (Fsp3) is 0.273. The van der Waals surface area contributed by atoms with Gasteiger partial charge in [0, 0.05) is 23.7 Å². The highest BCUT2D eigenvalue weighted by Crippen LogP contribution is 2.32. The Morgan fingerprint density at radius 2 is 1.80 bits per heavy atom. The molecule has 0 spiro atoms. The van der Waals surface area contributed by atoms with Crippen molar-refractivity contribution in [2.45, 2.75) is 39.7 Å². The van der Waals surface area contributed by atoms with Gasteiger partial charge in [-0.2, -0.15) is 5.10 Å². The van der Waals surface area contributed by atoms with Crippen LogP contribution < -0.4 is 10.6 Å². The van der Waals surface area contributed by atoms with Gasteiger partial charge >= 0.3 is 0 Å². The van der Waals surface area contributed by atoms with Gasteiger partial charge in [0.25, 0.3) is 11.6 Å². The lowest BCUT2D eigenvalue weighted by atomic mass is 10.1. The van der Waals surface area contributed by atoms with Crippen molar-refractivity contribution >= 4 is 23.1 Å². The average Bonchev–Trinajstić information content (AvgIpc) is 3.41. The molecular weight excluding hydrogens is 382 g/mol. The summed E-state index contributed by atoms with van der Waals surface area (Å²) in [6, 6.07) is 12.6. The zero-order valence-electron chi connectivity index (χ0n) is 17.1. The van der Waals surface area contributed by atoms with Gasteiger partial charge in [-0.3, -0.25) is 14.9 Å². The lowest BCUT2D eigenvalue weighted by molar-refractivity contribution is -0.384. The van der Waals surface area contributed by atoms with Crippen LogP contribution in [0.25, 0.3) is 5.69 Å². The molecule has 0 aliphatic heterocycles. The second kappa shape index (κ2) is 7.62. The van der Waals surface area contributed by atoms with Gasteiger partial charge in [0.05, 0.1) is 16.3 Å². The third-order valence-corrected chi connectivity index (χ3v) is 4.92. The van der Waals surface area contributed by atoms with Gasteiger partial charge in [-0.05, 0) is 69.0 Å². The molecule has 1 aromatic heterocycles. The Labute approximate surface area is 174 Å². The summed E-state index contributed by atoms with van der Waals surface area (Å²) >= 11 is 0. The number of nitro benzene ring substituents is 1. The number of carbonyl (C=O) groups is 1. The number of carbonyl (C=O) groups excluding carboxylic acids is 1. The molecule has 154 valence electrons. The minimum absolute atomic E-state index is 0.103. The SMILES string of the molecule is Cc1cc(C)cc(-n2nc(C)cc2NC(=O)c2ccc(NC3CC3)c([N+](=O)[O-])c2)c1. The largest absolute Gasteiger partial charge is 0.377 e. The van der Waals surface area contributed by atoms with E-state index >= 15 is 0 Å². The Balaban J connectivity index is 1.63. The second-order valence-electron chi connectivity index (χ2n) is 7.79. The van der Waals surface area contributed by atoms with Crippen LogP contribution in [0.3, 0.4) is 0 Å². The van der Waals surface area contributed by atoms with Crippen LogP contribution in [0.15, 0.2) is 42.5 Å². The first-order chi connectivity index (χ1) is 14.3. The van der Waals surface area contributed by atoms with E-state index in [4.69, 9.17) is 0 Å². The van der Waals surface area contributed by atoms with Crippen molar-refractivity contribution in [1.82, 2.24) is 9.78 Å². The summed E-state index contributed by atoms with van der Waals surface area (Å²) < 4.78 is 1.67. The Bertz CT molecular complexity index is 1130. The van der Waals surface area contributed by atoms with E-state index in [-0.39, 0.29) is 17.3 Å². The summed E-state index contributed by atoms with van der Waals surface area (Å²) in [6.07, 6.45) is 2.00. The van der Waals surface area contributed by atoms with Gasteiger partial charge < -0.3 is 10.6 Å². The first-order valence-electron chi connectivity index (χ1n) is 9.82. The third kappa shape index (κ3) is 4.17. The summed E-state index contributed by atoms with van der Waals surface area (Å²) in [5.41, 5.74) is 4.32. The molecule has 1 aliphatic carbocycles. The molecule has 1 fully saturated rings. The molecule has 1 aliphatic rings. The van der Waals surface area contributed by atoms with Gasteiger partial charge in [-0.15, -0.1) is 0 Å². The van der Waals surface area contributed by atoms with Gasteiger partial charge in [0.1, 0.15) is 11.5 Å². The maximum Gasteiger partial charge on any atom is 0.293 e. The summed E-state index contributed by atoms with van der Waals surface area (Å²) in [5.74, 6) is 0.0759. The van der Waals surface area contributed by atoms with E-state index in [0.717, 1.165) is 35.3 Å². The van der Waals surface area contributed by atoms with E-state index in [9.17, 15) is 14.9 Å². The average molecular weight is 405 g/mol. The molecule has 1 heterocycles. The molecule has 2 aromatic carbocycles. The van der Waals surface area contributed by atoms with Crippen molar-refractivity contribution in [3.8, 4) is 5.69 Å². The Morgan fingerprint density at radius 1 is 1.10 bits per heavy atom. The van der Waals surface area contributed by atoms with Crippen LogP contribution in [-0.4, -0.2) is 26.7 Å². The van der Waals surface area contributed by atoms with Crippen molar-refractivity contribution in [1.29, 1.82) is 0 Å². The number of aryl methyl sites for hydroxylation is 3. The Kier molecular flexibility index (Phi) is 4.99. The number of nitro groups is 1. The Hall–Kier alpha value is -3.68. The van der Waals surface area contributed by atoms with Crippen molar-refractivity contribution < 1.29 is 9.72 Å². The predicted octanol–water partition coefficient (Wildman–Crippen LogP) is 4.53. The Morgan fingerprint density at radius 3 is 2.43 bits per heavy atom. The monoisotopic (exact) mass is 405 g/mol. The molecule has 2 N–H and O–H groups in total. The first kappa shape index (κ1) is 19.6. The molecule has 3 aromatic rings. The summed E-state index contributed by atoms with van der Waals surface area (Å²) in [6.45, 7) is 5.85. The lowest BCUT2D eigenvalue weighted by Crippen LogP contribution is -2.16. The van der Waals surface area contributed by atoms with Gasteiger partial charge in [0.15, 0.2) is 0 Å². The van der Waals surface area contributed by atoms with Crippen LogP contribution in [0.1, 0.15) is 40.0 Å². The number of hydrogen-bond donors (Lipinski definition) is 2. The van der Waals surface area contributed by atoms with E-state index < -0.39 is 10.8 Å². The number of aromatic nitrogens is 2. The zero-order valence-corrected chi connectivity index (χ0v) is 17.1. The number of nitrogens with zero attached hydrogens (tertiary/aromatic N) is 3. The standard InChI is InChI=1S/C22H23N5O3/c1-13-8-14(2)10-18(9-13)26-21(11-15(3)25-26)24-22(28)16-4-7-19(23-17-5-6-17)20(12-16)27(29)30/h4,7-12,17,23H,5-6H2,1-3H3,(H,24,28). The van der Waals surface area contributed by atoms with Crippen LogP contribution in [0, 0.1) is 30.9 Å². The molecule has 0 atom stereocenters. The number of anilines is 2. The number of hydrogen-bond acceptors (Lipinski definition) is 5. The highest BCUT2D eigenvalue weighted by Gasteiger charge is 2.26. The number of amides is 1. The molecule has 1 saturated carbocycles. The van der Waals surface area contributed by atoms with Gasteiger partial charge in [-0.25, -0.2) is 4.68 Å². The highest BCUT2D eigenvalue weighted by molar-refractivity contribution is 6.04. The first-order valence-corrected chi connectivity index (χ1v) is 9.82. The molecule has 0 unspecified atom stereocenters. The van der Waals surface area contributed by atoms with Crippen LogP contribution in [0.4, 0.5) is 17.2 Å². The van der Waals surface area contributed by atoms with Crippen LogP contribution in [0.2, 0.25) is 0 Å². The third-order valence-electron chi connectivity index (χ3n) is 4.92. The topological polar surface area (TPSA) is 102 Å². The summed E-state index contributed by atoms with van der Waals surface area (Å²) in [4.78, 5) is 23.9. The van der Waals surface area contributed by atoms with Crippen molar-refractivity contribution in [3.05, 3.63) is 75.0 Å². The molecule has 0 bridgehead atoms. The van der Waals surface area contributed by atoms with Gasteiger partial charge in [-0.1, -0.05) is 6.07 Å². The van der Waals surface area contributed by atoms with Crippen LogP contribution in [0.5, 0.6) is 0 Å². The molecule has 0 radical (unpaired) electrons. The fourth-order valence-corrected chi connectivity index (χ4v) is 3.44. The minimum atomic E-state index is -0.467. The predicted molar refractivity (Wildman–Crippen MR) is 115 cm³/mol. The highest BCUT2D eigenvalue weighted by atomic mass is 16.6. The van der Waals surface area contributed by atoms with E-state index in [1.54, 1.807) is 22.9 Å². The fourth-order valence-electron chi connectivity index (χ4n) is 3.44. The number of nitrogens with one attached hydrogen (secondary N) is 2. The van der Waals surface area contributed by atoms with Crippen molar-refractivity contribution in [3.63, 3.8) is 0 Å². The molecule has 1 amide bonds. The van der Waals surface area contributed by atoms with Crippen molar-refractivity contribution in [2.24, 2.45) is 0 Å². The quantitative estimate of drug-likeness (QED) is 0.463. The van der Waals surface area contributed by atoms with E-state index in [2.05, 4.69) is 21.8 Å². The molecule has 0 saturated heterocycles. The van der Waals surface area contributed by atoms with Gasteiger partial charge in [0.2, 0.25) is 0 Å². The summed E-state index contributed by atoms with van der Waals surface area (Å²) in [7, 11) is 0. The normalized spacial score (nSPS) is 13.2. The molecule has 8 nitrogen and oxygen atoms in total. The van der Waals surface area contributed by atoms with E-state index in [1.807, 2.05) is 32.9 Å². The zero-order chi connectivity index (χ0) is 21.4. The maximum absolute atomic E-state index is 12.9. The number of benzene rings is 2. The van der Waals surface area contributed by atoms with Crippen molar-refractivity contribution in [2.75, 3.05) is 10.6 Å². The number of rotatable bonds is 6. The molecule has 8 heteroatoms. The second-order valence-corrected chi connectivity index (χ2v) is 7.79. The maximum atomic E-state index is 12.9. The summed E-state index contributed by atoms with van der Waals surface area (Å²) in [5, 5.41) is 22.0. The van der Waals surface area contributed by atoms with E-state index in [0.29, 0.717) is 11.5 Å². The molecule has 30 heavy (non-hydrogen) atoms.